The highest BCUT2D eigenvalue weighted by molar-refractivity contribution is 5.78. The summed E-state index contributed by atoms with van der Waals surface area (Å²) in [7, 11) is 0. The van der Waals surface area contributed by atoms with Crippen molar-refractivity contribution in [2.45, 2.75) is 32.9 Å². The molecule has 0 saturated carbocycles. The summed E-state index contributed by atoms with van der Waals surface area (Å²) in [6.45, 7) is 7.31. The van der Waals surface area contributed by atoms with Gasteiger partial charge in [0, 0.05) is 13.1 Å². The van der Waals surface area contributed by atoms with Gasteiger partial charge in [-0.1, -0.05) is 20.3 Å². The number of nitrogens with zero attached hydrogens (tertiary/aromatic N) is 1. The van der Waals surface area contributed by atoms with Gasteiger partial charge in [0.2, 0.25) is 0 Å². The van der Waals surface area contributed by atoms with Gasteiger partial charge < -0.3 is 5.73 Å². The maximum absolute atomic E-state index is 7.20. The van der Waals surface area contributed by atoms with Crippen LogP contribution in [0.2, 0.25) is 0 Å². The molecule has 4 N–H and O–H groups in total. The van der Waals surface area contributed by atoms with Gasteiger partial charge in [0.15, 0.2) is 0 Å². The smallest absolute Gasteiger partial charge is 0.105 e. The molecule has 82 valence electrons. The van der Waals surface area contributed by atoms with Gasteiger partial charge in [-0.05, 0) is 12.3 Å². The topological polar surface area (TPSA) is 65.1 Å². The summed E-state index contributed by atoms with van der Waals surface area (Å²) < 4.78 is 0. The lowest BCUT2D eigenvalue weighted by Gasteiger charge is -2.41. The van der Waals surface area contributed by atoms with Crippen molar-refractivity contribution in [3.63, 3.8) is 0 Å². The molecule has 0 aliphatic carbocycles. The van der Waals surface area contributed by atoms with Gasteiger partial charge in [-0.3, -0.25) is 15.6 Å². The fourth-order valence-corrected chi connectivity index (χ4v) is 1.75. The minimum Gasteiger partial charge on any atom is -0.387 e. The zero-order valence-electron chi connectivity index (χ0n) is 9.21. The van der Waals surface area contributed by atoms with Crippen molar-refractivity contribution < 1.29 is 0 Å². The lowest BCUT2D eigenvalue weighted by Crippen LogP contribution is -2.56. The molecule has 1 aliphatic heterocycles. The average molecular weight is 198 g/mol. The van der Waals surface area contributed by atoms with Crippen LogP contribution in [0.25, 0.3) is 0 Å². The molecule has 1 unspecified atom stereocenters. The van der Waals surface area contributed by atoms with E-state index in [4.69, 9.17) is 11.1 Å². The Labute approximate surface area is 86.4 Å². The lowest BCUT2D eigenvalue weighted by molar-refractivity contribution is 0.0614. The molecule has 4 heteroatoms. The third kappa shape index (κ3) is 2.96. The van der Waals surface area contributed by atoms with E-state index in [2.05, 4.69) is 24.1 Å². The molecule has 1 fully saturated rings. The highest BCUT2D eigenvalue weighted by Gasteiger charge is 2.27. The molecule has 0 spiro atoms. The second-order valence-electron chi connectivity index (χ2n) is 4.13. The van der Waals surface area contributed by atoms with Gasteiger partial charge in [-0.25, -0.2) is 0 Å². The molecule has 0 aromatic rings. The van der Waals surface area contributed by atoms with E-state index in [0.717, 1.165) is 6.42 Å². The Morgan fingerprint density at radius 1 is 1.57 bits per heavy atom. The number of likely N-dealkylation sites (tertiary alicyclic amines) is 1. The van der Waals surface area contributed by atoms with E-state index in [-0.39, 0.29) is 5.84 Å². The minimum absolute atomic E-state index is 0.221. The van der Waals surface area contributed by atoms with Crippen molar-refractivity contribution >= 4 is 5.84 Å². The molecule has 1 aliphatic rings. The first-order valence-electron chi connectivity index (χ1n) is 5.45. The molecule has 0 amide bonds. The minimum atomic E-state index is 0.221. The second kappa shape index (κ2) is 5.32. The zero-order chi connectivity index (χ0) is 10.6. The molecule has 1 heterocycles. The third-order valence-corrected chi connectivity index (χ3v) is 2.97. The number of hydrogen-bond acceptors (Lipinski definition) is 3. The van der Waals surface area contributed by atoms with E-state index >= 15 is 0 Å². The monoisotopic (exact) mass is 198 g/mol. The normalized spacial score (nSPS) is 21.3. The third-order valence-electron chi connectivity index (χ3n) is 2.97. The second-order valence-corrected chi connectivity index (χ2v) is 4.13. The van der Waals surface area contributed by atoms with Crippen LogP contribution in [0, 0.1) is 11.3 Å². The summed E-state index contributed by atoms with van der Waals surface area (Å²) >= 11 is 0. The predicted octanol–water partition coefficient (Wildman–Crippen LogP) is 0.590. The van der Waals surface area contributed by atoms with Crippen LogP contribution in [0.5, 0.6) is 0 Å². The molecular formula is C10H22N4. The molecular weight excluding hydrogens is 176 g/mol. The van der Waals surface area contributed by atoms with E-state index in [1.165, 1.54) is 19.5 Å². The van der Waals surface area contributed by atoms with Gasteiger partial charge in [0.05, 0.1) is 12.7 Å². The number of nitrogens with one attached hydrogen (secondary N) is 2. The SMILES string of the molecule is CC[C@H](C)C(NCC(=N)N)N1CCC1. The molecule has 0 aromatic heterocycles. The van der Waals surface area contributed by atoms with Crippen molar-refractivity contribution in [1.82, 2.24) is 10.2 Å². The first kappa shape index (κ1) is 11.5. The predicted molar refractivity (Wildman–Crippen MR) is 59.3 cm³/mol. The highest BCUT2D eigenvalue weighted by atomic mass is 15.3. The van der Waals surface area contributed by atoms with Crippen molar-refractivity contribution in [2.75, 3.05) is 19.6 Å². The van der Waals surface area contributed by atoms with E-state index in [9.17, 15) is 0 Å². The van der Waals surface area contributed by atoms with E-state index < -0.39 is 0 Å². The van der Waals surface area contributed by atoms with Crippen LogP contribution in [0.15, 0.2) is 0 Å². The van der Waals surface area contributed by atoms with Crippen LogP contribution < -0.4 is 11.1 Å². The Balaban J connectivity index is 2.39. The van der Waals surface area contributed by atoms with Gasteiger partial charge in [0.25, 0.3) is 0 Å². The fourth-order valence-electron chi connectivity index (χ4n) is 1.75. The Hall–Kier alpha value is -0.610. The number of hydrogen-bond donors (Lipinski definition) is 3. The van der Waals surface area contributed by atoms with Crippen molar-refractivity contribution in [3.8, 4) is 0 Å². The van der Waals surface area contributed by atoms with Crippen molar-refractivity contribution in [1.29, 1.82) is 5.41 Å². The summed E-state index contributed by atoms with van der Waals surface area (Å²) in [6.07, 6.45) is 2.86. The summed E-state index contributed by atoms with van der Waals surface area (Å²) in [4.78, 5) is 2.43. The highest BCUT2D eigenvalue weighted by Crippen LogP contribution is 2.17. The maximum atomic E-state index is 7.20. The standard InChI is InChI=1S/C10H22N4/c1-3-8(2)10(13-7-9(11)12)14-5-4-6-14/h8,10,13H,3-7H2,1-2H3,(H3,11,12)/t8-,10?/m0/s1. The van der Waals surface area contributed by atoms with Gasteiger partial charge in [0.1, 0.15) is 5.84 Å². The molecule has 1 saturated heterocycles. The van der Waals surface area contributed by atoms with Gasteiger partial charge in [-0.2, -0.15) is 0 Å². The first-order chi connectivity index (χ1) is 6.65. The lowest BCUT2D eigenvalue weighted by atomic mass is 10.0. The Bertz CT molecular complexity index is 184. The largest absolute Gasteiger partial charge is 0.387 e. The number of nitrogens with two attached hydrogens (primary N) is 1. The van der Waals surface area contributed by atoms with Crippen molar-refractivity contribution in [2.24, 2.45) is 11.7 Å². The quantitative estimate of drug-likeness (QED) is 0.432. The summed E-state index contributed by atoms with van der Waals surface area (Å²) in [6, 6.07) is 0. The van der Waals surface area contributed by atoms with Crippen LogP contribution in [-0.4, -0.2) is 36.5 Å². The van der Waals surface area contributed by atoms with Crippen molar-refractivity contribution in [3.05, 3.63) is 0 Å². The molecule has 2 atom stereocenters. The first-order valence-corrected chi connectivity index (χ1v) is 5.45. The number of rotatable bonds is 6. The van der Waals surface area contributed by atoms with E-state index in [1.807, 2.05) is 0 Å². The molecule has 0 radical (unpaired) electrons. The Morgan fingerprint density at radius 3 is 2.57 bits per heavy atom. The van der Waals surface area contributed by atoms with Crippen LogP contribution >= 0.6 is 0 Å². The molecule has 1 rings (SSSR count). The molecule has 0 bridgehead atoms. The van der Waals surface area contributed by atoms with Crippen LogP contribution in [0.1, 0.15) is 26.7 Å². The Kier molecular flexibility index (Phi) is 4.35. The van der Waals surface area contributed by atoms with Crippen LogP contribution in [0.3, 0.4) is 0 Å². The molecule has 4 nitrogen and oxygen atoms in total. The molecule has 14 heavy (non-hydrogen) atoms. The summed E-state index contributed by atoms with van der Waals surface area (Å²) in [5, 5.41) is 10.5. The van der Waals surface area contributed by atoms with Gasteiger partial charge in [-0.15, -0.1) is 0 Å². The number of amidine groups is 1. The fraction of sp³-hybridized carbons (Fsp3) is 0.900. The maximum Gasteiger partial charge on any atom is 0.105 e. The summed E-state index contributed by atoms with van der Waals surface area (Å²) in [5.74, 6) is 0.841. The average Bonchev–Trinajstić information content (AvgIpc) is 2.07. The van der Waals surface area contributed by atoms with E-state index in [0.29, 0.717) is 18.6 Å². The zero-order valence-corrected chi connectivity index (χ0v) is 9.21. The summed E-state index contributed by atoms with van der Waals surface area (Å²) in [5.41, 5.74) is 5.34. The Morgan fingerprint density at radius 2 is 2.21 bits per heavy atom. The van der Waals surface area contributed by atoms with Crippen LogP contribution in [0.4, 0.5) is 0 Å². The van der Waals surface area contributed by atoms with Crippen LogP contribution in [-0.2, 0) is 0 Å². The van der Waals surface area contributed by atoms with Gasteiger partial charge >= 0.3 is 0 Å². The molecule has 0 aromatic carbocycles. The van der Waals surface area contributed by atoms with E-state index in [1.54, 1.807) is 0 Å².